The number of rotatable bonds is 3. The molecular weight excluding hydrogens is 279 g/mol. The third-order valence-electron chi connectivity index (χ3n) is 4.53. The van der Waals surface area contributed by atoms with E-state index in [2.05, 4.69) is 0 Å². The zero-order chi connectivity index (χ0) is 16.7. The van der Waals surface area contributed by atoms with Gasteiger partial charge in [0.05, 0.1) is 29.2 Å². The first-order valence-electron chi connectivity index (χ1n) is 7.40. The van der Waals surface area contributed by atoms with Crippen LogP contribution < -0.4 is 11.5 Å². The number of benzene rings is 1. The maximum Gasteiger partial charge on any atom is 0.492 e. The minimum atomic E-state index is -0.575. The van der Waals surface area contributed by atoms with Crippen LogP contribution in [0.2, 0.25) is 0 Å². The number of nitrogen functional groups attached to an aromatic ring is 2. The molecule has 0 unspecified atom stereocenters. The van der Waals surface area contributed by atoms with E-state index in [0.29, 0.717) is 16.8 Å². The van der Waals surface area contributed by atoms with Gasteiger partial charge in [-0.25, -0.2) is 0 Å². The van der Waals surface area contributed by atoms with E-state index < -0.39 is 18.3 Å². The van der Waals surface area contributed by atoms with Crippen molar-refractivity contribution in [2.45, 2.75) is 45.8 Å². The third kappa shape index (κ3) is 3.00. The van der Waals surface area contributed by atoms with Crippen molar-refractivity contribution >= 4 is 24.6 Å². The Labute approximate surface area is 132 Å². The van der Waals surface area contributed by atoms with E-state index in [1.807, 2.05) is 46.8 Å². The monoisotopic (exact) mass is 304 g/mol. The van der Waals surface area contributed by atoms with Gasteiger partial charge in [0.25, 0.3) is 0 Å². The summed E-state index contributed by atoms with van der Waals surface area (Å²) in [5.74, 6) is 0. The van der Waals surface area contributed by atoms with Crippen LogP contribution in [0, 0.1) is 6.92 Å². The lowest BCUT2D eigenvalue weighted by Gasteiger charge is -2.32. The first kappa shape index (κ1) is 16.9. The molecule has 0 radical (unpaired) electrons. The second-order valence-electron chi connectivity index (χ2n) is 6.81. The third-order valence-corrected chi connectivity index (χ3v) is 4.53. The first-order chi connectivity index (χ1) is 10.1. The molecule has 1 aromatic carbocycles. The highest BCUT2D eigenvalue weighted by Crippen LogP contribution is 2.38. The van der Waals surface area contributed by atoms with Gasteiger partial charge in [0.2, 0.25) is 0 Å². The molecule has 5 nitrogen and oxygen atoms in total. The van der Waals surface area contributed by atoms with Crippen molar-refractivity contribution in [3.05, 3.63) is 28.7 Å². The fourth-order valence-electron chi connectivity index (χ4n) is 2.33. The number of aliphatic hydroxyl groups is 1. The standard InChI is InChI=1S/C16H25BN2O3/c1-10-6-11(8-13(18)14(10)19)7-12(9-20)17-21-15(2,3)16(4,5)22-17/h6-8,20H,9,18-19H2,1-5H3. The van der Waals surface area contributed by atoms with E-state index in [9.17, 15) is 5.11 Å². The molecule has 1 aromatic rings. The summed E-state index contributed by atoms with van der Waals surface area (Å²) < 4.78 is 11.9. The minimum absolute atomic E-state index is 0.153. The number of hydrogen-bond donors (Lipinski definition) is 3. The summed E-state index contributed by atoms with van der Waals surface area (Å²) in [4.78, 5) is 0. The summed E-state index contributed by atoms with van der Waals surface area (Å²) in [5, 5.41) is 9.70. The van der Waals surface area contributed by atoms with Crippen molar-refractivity contribution in [1.82, 2.24) is 0 Å². The van der Waals surface area contributed by atoms with E-state index in [-0.39, 0.29) is 6.61 Å². The van der Waals surface area contributed by atoms with Crippen LogP contribution in [0.4, 0.5) is 11.4 Å². The Morgan fingerprint density at radius 1 is 1.18 bits per heavy atom. The zero-order valence-electron chi connectivity index (χ0n) is 13.9. The second-order valence-corrected chi connectivity index (χ2v) is 6.81. The summed E-state index contributed by atoms with van der Waals surface area (Å²) in [6, 6.07) is 3.70. The Kier molecular flexibility index (Phi) is 4.30. The van der Waals surface area contributed by atoms with Crippen LogP contribution in [0.3, 0.4) is 0 Å². The van der Waals surface area contributed by atoms with Crippen molar-refractivity contribution < 1.29 is 14.4 Å². The van der Waals surface area contributed by atoms with Gasteiger partial charge in [-0.15, -0.1) is 0 Å². The van der Waals surface area contributed by atoms with Gasteiger partial charge in [0, 0.05) is 0 Å². The molecule has 0 saturated carbocycles. The van der Waals surface area contributed by atoms with Crippen LogP contribution in [0.1, 0.15) is 38.8 Å². The van der Waals surface area contributed by atoms with Gasteiger partial charge in [0.15, 0.2) is 0 Å². The van der Waals surface area contributed by atoms with Crippen molar-refractivity contribution in [1.29, 1.82) is 0 Å². The SMILES string of the molecule is Cc1cc(C=C(CO)B2OC(C)(C)C(C)(C)O2)cc(N)c1N. The van der Waals surface area contributed by atoms with Crippen LogP contribution in [-0.2, 0) is 9.31 Å². The maximum atomic E-state index is 9.70. The normalized spacial score (nSPS) is 20.5. The van der Waals surface area contributed by atoms with Crippen LogP contribution in [0.5, 0.6) is 0 Å². The second kappa shape index (κ2) is 5.61. The highest BCUT2D eigenvalue weighted by Gasteiger charge is 2.52. The smallest absolute Gasteiger partial charge is 0.400 e. The molecule has 1 aliphatic heterocycles. The molecule has 1 fully saturated rings. The predicted molar refractivity (Wildman–Crippen MR) is 91.1 cm³/mol. The van der Waals surface area contributed by atoms with E-state index in [4.69, 9.17) is 20.8 Å². The number of nitrogens with two attached hydrogens (primary N) is 2. The maximum absolute atomic E-state index is 9.70. The van der Waals surface area contributed by atoms with E-state index in [1.165, 1.54) is 0 Å². The summed E-state index contributed by atoms with van der Waals surface area (Å²) in [6.07, 6.45) is 1.84. The predicted octanol–water partition coefficient (Wildman–Crippen LogP) is 2.17. The molecule has 5 N–H and O–H groups in total. The molecule has 0 aliphatic carbocycles. The molecule has 0 aromatic heterocycles. The molecule has 120 valence electrons. The molecule has 0 spiro atoms. The van der Waals surface area contributed by atoms with Crippen LogP contribution in [-0.4, -0.2) is 30.0 Å². The molecule has 0 amide bonds. The van der Waals surface area contributed by atoms with Crippen LogP contribution >= 0.6 is 0 Å². The first-order valence-corrected chi connectivity index (χ1v) is 7.40. The van der Waals surface area contributed by atoms with E-state index in [0.717, 1.165) is 11.1 Å². The lowest BCUT2D eigenvalue weighted by atomic mass is 9.77. The van der Waals surface area contributed by atoms with Crippen molar-refractivity contribution in [3.8, 4) is 0 Å². The van der Waals surface area contributed by atoms with Crippen molar-refractivity contribution in [2.24, 2.45) is 0 Å². The lowest BCUT2D eigenvalue weighted by molar-refractivity contribution is 0.00578. The number of anilines is 2. The Hall–Kier alpha value is -1.50. The summed E-state index contributed by atoms with van der Waals surface area (Å²) in [6.45, 7) is 9.66. The van der Waals surface area contributed by atoms with Gasteiger partial charge in [-0.3, -0.25) is 0 Å². The van der Waals surface area contributed by atoms with Gasteiger partial charge in [-0.2, -0.15) is 0 Å². The molecule has 1 heterocycles. The fraction of sp³-hybridized carbons (Fsp3) is 0.500. The topological polar surface area (TPSA) is 90.7 Å². The van der Waals surface area contributed by atoms with Crippen molar-refractivity contribution in [2.75, 3.05) is 18.1 Å². The Morgan fingerprint density at radius 3 is 2.18 bits per heavy atom. The Balaban J connectivity index is 2.34. The van der Waals surface area contributed by atoms with Crippen LogP contribution in [0.25, 0.3) is 6.08 Å². The molecule has 6 heteroatoms. The summed E-state index contributed by atoms with van der Waals surface area (Å²) in [7, 11) is -0.575. The molecule has 0 bridgehead atoms. The van der Waals surface area contributed by atoms with Gasteiger partial charge < -0.3 is 25.9 Å². The number of aliphatic hydroxyl groups excluding tert-OH is 1. The van der Waals surface area contributed by atoms with Gasteiger partial charge in [-0.1, -0.05) is 6.08 Å². The molecule has 1 aliphatic rings. The Bertz CT molecular complexity index is 572. The highest BCUT2D eigenvalue weighted by atomic mass is 16.7. The zero-order valence-corrected chi connectivity index (χ0v) is 13.9. The Morgan fingerprint density at radius 2 is 1.73 bits per heavy atom. The van der Waals surface area contributed by atoms with E-state index in [1.54, 1.807) is 6.07 Å². The molecule has 1 saturated heterocycles. The minimum Gasteiger partial charge on any atom is -0.400 e. The molecular formula is C16H25BN2O3. The van der Waals surface area contributed by atoms with Gasteiger partial charge in [-0.05, 0) is 63.4 Å². The van der Waals surface area contributed by atoms with Gasteiger partial charge in [0.1, 0.15) is 0 Å². The van der Waals surface area contributed by atoms with Crippen molar-refractivity contribution in [3.63, 3.8) is 0 Å². The molecule has 22 heavy (non-hydrogen) atoms. The molecule has 0 atom stereocenters. The average Bonchev–Trinajstić information content (AvgIpc) is 2.61. The fourth-order valence-corrected chi connectivity index (χ4v) is 2.33. The number of aryl methyl sites for hydroxylation is 1. The highest BCUT2D eigenvalue weighted by molar-refractivity contribution is 6.55. The largest absolute Gasteiger partial charge is 0.492 e. The molecule has 2 rings (SSSR count). The number of hydrogen-bond acceptors (Lipinski definition) is 5. The lowest BCUT2D eigenvalue weighted by Crippen LogP contribution is -2.41. The van der Waals surface area contributed by atoms with Crippen LogP contribution in [0.15, 0.2) is 17.6 Å². The van der Waals surface area contributed by atoms with Gasteiger partial charge >= 0.3 is 7.12 Å². The summed E-state index contributed by atoms with van der Waals surface area (Å²) in [5.41, 5.74) is 14.4. The van der Waals surface area contributed by atoms with E-state index >= 15 is 0 Å². The quantitative estimate of drug-likeness (QED) is 0.588. The summed E-state index contributed by atoms with van der Waals surface area (Å²) >= 11 is 0. The average molecular weight is 304 g/mol.